The minimum absolute atomic E-state index is 0. The summed E-state index contributed by atoms with van der Waals surface area (Å²) in [5, 5.41) is 0. The van der Waals surface area contributed by atoms with Crippen molar-refractivity contribution in [1.29, 1.82) is 0 Å². The molecule has 3 unspecified atom stereocenters. The van der Waals surface area contributed by atoms with E-state index < -0.39 is 0 Å². The van der Waals surface area contributed by atoms with Gasteiger partial charge in [-0.15, -0.1) is 12.4 Å². The molecule has 124 valence electrons. The van der Waals surface area contributed by atoms with Gasteiger partial charge >= 0.3 is 0 Å². The number of piperidine rings is 1. The lowest BCUT2D eigenvalue weighted by Crippen LogP contribution is -2.53. The van der Waals surface area contributed by atoms with Crippen molar-refractivity contribution < 1.29 is 9.18 Å². The van der Waals surface area contributed by atoms with Crippen molar-refractivity contribution in [2.75, 3.05) is 6.54 Å². The fraction of sp³-hybridized carbons (Fsp3) is 0.588. The van der Waals surface area contributed by atoms with E-state index >= 15 is 0 Å². The van der Waals surface area contributed by atoms with E-state index in [0.29, 0.717) is 12.0 Å². The lowest BCUT2D eigenvalue weighted by molar-refractivity contribution is -0.139. The van der Waals surface area contributed by atoms with Crippen LogP contribution in [0.15, 0.2) is 24.3 Å². The molecule has 1 aliphatic rings. The summed E-state index contributed by atoms with van der Waals surface area (Å²) < 4.78 is 13.7. The summed E-state index contributed by atoms with van der Waals surface area (Å²) in [4.78, 5) is 14.6. The first-order chi connectivity index (χ1) is 10.0. The lowest BCUT2D eigenvalue weighted by Gasteiger charge is -2.39. The molecule has 3 nitrogen and oxygen atoms in total. The number of hydrogen-bond acceptors (Lipinski definition) is 2. The molecule has 1 amide bonds. The number of nitrogens with zero attached hydrogens (tertiary/aromatic N) is 1. The van der Waals surface area contributed by atoms with Crippen LogP contribution in [0.2, 0.25) is 0 Å². The van der Waals surface area contributed by atoms with Gasteiger partial charge in [-0.1, -0.05) is 25.1 Å². The maximum Gasteiger partial charge on any atom is 0.226 e. The number of carbonyl (C=O) groups excluding carboxylic acids is 1. The first-order valence-corrected chi connectivity index (χ1v) is 7.80. The Morgan fingerprint density at radius 3 is 2.68 bits per heavy atom. The predicted molar refractivity (Wildman–Crippen MR) is 89.5 cm³/mol. The highest BCUT2D eigenvalue weighted by Crippen LogP contribution is 2.23. The van der Waals surface area contributed by atoms with Crippen LogP contribution < -0.4 is 5.73 Å². The molecule has 0 saturated carbocycles. The largest absolute Gasteiger partial charge is 0.338 e. The van der Waals surface area contributed by atoms with Crippen LogP contribution in [-0.4, -0.2) is 29.4 Å². The van der Waals surface area contributed by atoms with Crippen molar-refractivity contribution in [3.63, 3.8) is 0 Å². The molecular formula is C17H26ClFN2O. The third-order valence-electron chi connectivity index (χ3n) is 4.34. The topological polar surface area (TPSA) is 46.3 Å². The molecule has 1 fully saturated rings. The summed E-state index contributed by atoms with van der Waals surface area (Å²) in [5.41, 5.74) is 6.62. The van der Waals surface area contributed by atoms with Crippen LogP contribution in [-0.2, 0) is 11.2 Å². The molecule has 0 aromatic heterocycles. The van der Waals surface area contributed by atoms with Crippen LogP contribution in [0.4, 0.5) is 4.39 Å². The third-order valence-corrected chi connectivity index (χ3v) is 4.34. The first-order valence-electron chi connectivity index (χ1n) is 7.80. The van der Waals surface area contributed by atoms with Gasteiger partial charge in [-0.3, -0.25) is 4.79 Å². The van der Waals surface area contributed by atoms with E-state index in [9.17, 15) is 9.18 Å². The maximum atomic E-state index is 13.7. The summed E-state index contributed by atoms with van der Waals surface area (Å²) in [6.45, 7) is 4.60. The van der Waals surface area contributed by atoms with E-state index in [2.05, 4.69) is 0 Å². The summed E-state index contributed by atoms with van der Waals surface area (Å²) in [7, 11) is 0. The molecular weight excluding hydrogens is 303 g/mol. The van der Waals surface area contributed by atoms with Crippen molar-refractivity contribution in [2.24, 2.45) is 11.7 Å². The molecule has 0 aliphatic carbocycles. The molecule has 1 saturated heterocycles. The Morgan fingerprint density at radius 1 is 1.36 bits per heavy atom. The van der Waals surface area contributed by atoms with E-state index in [-0.39, 0.29) is 42.1 Å². The number of rotatable bonds is 4. The van der Waals surface area contributed by atoms with Gasteiger partial charge in [0, 0.05) is 24.5 Å². The maximum absolute atomic E-state index is 13.7. The zero-order valence-electron chi connectivity index (χ0n) is 13.3. The monoisotopic (exact) mass is 328 g/mol. The Bertz CT molecular complexity index is 495. The second kappa shape index (κ2) is 8.49. The quantitative estimate of drug-likeness (QED) is 0.923. The van der Waals surface area contributed by atoms with Crippen LogP contribution >= 0.6 is 12.4 Å². The second-order valence-electron chi connectivity index (χ2n) is 6.15. The molecule has 0 spiro atoms. The van der Waals surface area contributed by atoms with Crippen molar-refractivity contribution >= 4 is 18.3 Å². The van der Waals surface area contributed by atoms with E-state index in [1.807, 2.05) is 18.7 Å². The first kappa shape index (κ1) is 18.9. The molecule has 1 heterocycles. The van der Waals surface area contributed by atoms with Crippen LogP contribution in [0.25, 0.3) is 0 Å². The highest BCUT2D eigenvalue weighted by atomic mass is 35.5. The van der Waals surface area contributed by atoms with Crippen LogP contribution in [0, 0.1) is 11.7 Å². The second-order valence-corrected chi connectivity index (χ2v) is 6.15. The molecule has 3 atom stereocenters. The molecule has 1 aromatic carbocycles. The summed E-state index contributed by atoms with van der Waals surface area (Å²) in [6, 6.07) is 6.77. The van der Waals surface area contributed by atoms with Crippen molar-refractivity contribution in [3.05, 3.63) is 35.6 Å². The van der Waals surface area contributed by atoms with Crippen molar-refractivity contribution in [3.8, 4) is 0 Å². The van der Waals surface area contributed by atoms with E-state index in [0.717, 1.165) is 25.8 Å². The minimum Gasteiger partial charge on any atom is -0.338 e. The van der Waals surface area contributed by atoms with E-state index in [4.69, 9.17) is 5.73 Å². The summed E-state index contributed by atoms with van der Waals surface area (Å²) in [5.74, 6) is -0.360. The highest BCUT2D eigenvalue weighted by molar-refractivity contribution is 5.85. The Hall–Kier alpha value is -1.13. The average molecular weight is 329 g/mol. The number of benzene rings is 1. The van der Waals surface area contributed by atoms with Crippen LogP contribution in [0.3, 0.4) is 0 Å². The predicted octanol–water partition coefficient (Wildman–Crippen LogP) is 3.15. The van der Waals surface area contributed by atoms with Gasteiger partial charge in [-0.2, -0.15) is 0 Å². The Labute approximate surface area is 138 Å². The Kier molecular flexibility index (Phi) is 7.30. The van der Waals surface area contributed by atoms with Crippen LogP contribution in [0.1, 0.15) is 38.7 Å². The third kappa shape index (κ3) is 4.43. The minimum atomic E-state index is -0.237. The fourth-order valence-electron chi connectivity index (χ4n) is 3.14. The molecule has 5 heteroatoms. The van der Waals surface area contributed by atoms with Gasteiger partial charge in [-0.25, -0.2) is 4.39 Å². The molecule has 2 N–H and O–H groups in total. The van der Waals surface area contributed by atoms with Gasteiger partial charge in [0.05, 0.1) is 0 Å². The number of nitrogens with two attached hydrogens (primary N) is 1. The number of hydrogen-bond donors (Lipinski definition) is 1. The smallest absolute Gasteiger partial charge is 0.226 e. The SMILES string of the molecule is CC(Cc1ccccc1F)C(=O)N1CCCCC1C(C)N.Cl. The normalized spacial score (nSPS) is 20.9. The molecule has 22 heavy (non-hydrogen) atoms. The van der Waals surface area contributed by atoms with Gasteiger partial charge in [0.2, 0.25) is 5.91 Å². The number of likely N-dealkylation sites (tertiary alicyclic amines) is 1. The van der Waals surface area contributed by atoms with Gasteiger partial charge in [0.15, 0.2) is 0 Å². The molecule has 1 aliphatic heterocycles. The molecule has 0 radical (unpaired) electrons. The average Bonchev–Trinajstić information content (AvgIpc) is 2.48. The number of halogens is 2. The number of carbonyl (C=O) groups is 1. The van der Waals surface area contributed by atoms with Gasteiger partial charge < -0.3 is 10.6 Å². The van der Waals surface area contributed by atoms with Gasteiger partial charge in [0.1, 0.15) is 5.82 Å². The fourth-order valence-corrected chi connectivity index (χ4v) is 3.14. The summed E-state index contributed by atoms with van der Waals surface area (Å²) in [6.07, 6.45) is 3.56. The zero-order chi connectivity index (χ0) is 15.4. The lowest BCUT2D eigenvalue weighted by atomic mass is 9.93. The molecule has 2 rings (SSSR count). The van der Waals surface area contributed by atoms with Crippen molar-refractivity contribution in [2.45, 2.75) is 51.6 Å². The van der Waals surface area contributed by atoms with Gasteiger partial charge in [-0.05, 0) is 44.2 Å². The van der Waals surface area contributed by atoms with Gasteiger partial charge in [0.25, 0.3) is 0 Å². The molecule has 1 aromatic rings. The highest BCUT2D eigenvalue weighted by Gasteiger charge is 2.31. The van der Waals surface area contributed by atoms with Crippen molar-refractivity contribution in [1.82, 2.24) is 4.90 Å². The Morgan fingerprint density at radius 2 is 2.05 bits per heavy atom. The zero-order valence-corrected chi connectivity index (χ0v) is 14.1. The van der Waals surface area contributed by atoms with E-state index in [1.165, 1.54) is 6.07 Å². The summed E-state index contributed by atoms with van der Waals surface area (Å²) >= 11 is 0. The van der Waals surface area contributed by atoms with E-state index in [1.54, 1.807) is 18.2 Å². The molecule has 0 bridgehead atoms. The Balaban J connectivity index is 0.00000242. The van der Waals surface area contributed by atoms with Crippen LogP contribution in [0.5, 0.6) is 0 Å². The standard InChI is InChI=1S/C17H25FN2O.ClH/c1-12(11-14-7-3-4-8-15(14)18)17(21)20-10-6-5-9-16(20)13(2)19;/h3-4,7-8,12-13,16H,5-6,9-11,19H2,1-2H3;1H. The number of amides is 1.